The molecule has 4 rings (SSSR count). The molecule has 0 unspecified atom stereocenters. The first-order chi connectivity index (χ1) is 14.0. The van der Waals surface area contributed by atoms with Gasteiger partial charge in [-0.2, -0.15) is 0 Å². The third-order valence-electron chi connectivity index (χ3n) is 5.51. The summed E-state index contributed by atoms with van der Waals surface area (Å²) in [6, 6.07) is 21.2. The smallest absolute Gasteiger partial charge is 0.414 e. The van der Waals surface area contributed by atoms with Crippen molar-refractivity contribution in [2.24, 2.45) is 0 Å². The second kappa shape index (κ2) is 7.43. The van der Waals surface area contributed by atoms with Crippen molar-refractivity contribution in [2.45, 2.75) is 12.8 Å². The Morgan fingerprint density at radius 3 is 2.10 bits per heavy atom. The number of rotatable bonds is 4. The largest absolute Gasteiger partial charge is 0.478 e. The lowest BCUT2D eigenvalue weighted by atomic mass is 9.98. The van der Waals surface area contributed by atoms with Crippen molar-refractivity contribution in [3.8, 4) is 11.1 Å². The van der Waals surface area contributed by atoms with E-state index in [1.54, 1.807) is 26.1 Å². The third-order valence-corrected chi connectivity index (χ3v) is 5.51. The number of aromatic carboxylic acids is 1. The van der Waals surface area contributed by atoms with Crippen LogP contribution in [0.15, 0.2) is 66.7 Å². The van der Waals surface area contributed by atoms with Gasteiger partial charge in [0.2, 0.25) is 0 Å². The van der Waals surface area contributed by atoms with Crippen LogP contribution in [0.4, 0.5) is 10.5 Å². The standard InChI is InChI=1S/C24H21NO4/c1-15-16(23(26)27)12-7-13-22(15)25(2)24(28)29-14-21-19-10-5-3-8-17(19)18-9-4-6-11-20(18)21/h3-13,21H,14H2,1-2H3,(H,26,27). The zero-order valence-corrected chi connectivity index (χ0v) is 16.3. The van der Waals surface area contributed by atoms with Gasteiger partial charge < -0.3 is 9.84 Å². The Balaban J connectivity index is 1.55. The molecule has 5 heteroatoms. The molecule has 1 N–H and O–H groups in total. The minimum atomic E-state index is -1.02. The van der Waals surface area contributed by atoms with Crippen molar-refractivity contribution >= 4 is 17.7 Å². The predicted octanol–water partition coefficient (Wildman–Crippen LogP) is 5.08. The number of carboxylic acid groups (broad SMARTS) is 1. The van der Waals surface area contributed by atoms with Crippen LogP contribution in [-0.4, -0.2) is 30.8 Å². The number of fused-ring (bicyclic) bond motifs is 3. The summed E-state index contributed by atoms with van der Waals surface area (Å²) in [6.45, 7) is 1.90. The highest BCUT2D eigenvalue weighted by Gasteiger charge is 2.29. The summed E-state index contributed by atoms with van der Waals surface area (Å²) in [7, 11) is 1.59. The number of hydrogen-bond donors (Lipinski definition) is 1. The maximum Gasteiger partial charge on any atom is 0.414 e. The van der Waals surface area contributed by atoms with E-state index in [-0.39, 0.29) is 18.1 Å². The van der Waals surface area contributed by atoms with E-state index < -0.39 is 12.1 Å². The summed E-state index contributed by atoms with van der Waals surface area (Å²) in [5, 5.41) is 9.31. The van der Waals surface area contributed by atoms with Crippen molar-refractivity contribution in [1.29, 1.82) is 0 Å². The van der Waals surface area contributed by atoms with Gasteiger partial charge in [0.05, 0.1) is 11.3 Å². The lowest BCUT2D eigenvalue weighted by molar-refractivity contribution is 0.0696. The van der Waals surface area contributed by atoms with Crippen LogP contribution in [0.5, 0.6) is 0 Å². The third kappa shape index (κ3) is 3.25. The Morgan fingerprint density at radius 1 is 0.931 bits per heavy atom. The maximum atomic E-state index is 12.7. The zero-order valence-electron chi connectivity index (χ0n) is 16.3. The van der Waals surface area contributed by atoms with E-state index in [0.717, 1.165) is 11.1 Å². The molecule has 0 atom stereocenters. The van der Waals surface area contributed by atoms with Gasteiger partial charge in [0, 0.05) is 13.0 Å². The number of nitrogens with zero attached hydrogens (tertiary/aromatic N) is 1. The number of ether oxygens (including phenoxy) is 1. The van der Waals surface area contributed by atoms with E-state index in [9.17, 15) is 14.7 Å². The van der Waals surface area contributed by atoms with Crippen molar-refractivity contribution < 1.29 is 19.4 Å². The molecule has 3 aromatic carbocycles. The molecule has 0 heterocycles. The fraction of sp³-hybridized carbons (Fsp3) is 0.167. The van der Waals surface area contributed by atoms with Gasteiger partial charge in [-0.15, -0.1) is 0 Å². The minimum Gasteiger partial charge on any atom is -0.478 e. The SMILES string of the molecule is Cc1c(C(=O)O)cccc1N(C)C(=O)OCC1c2ccccc2-c2ccccc21. The fourth-order valence-corrected chi connectivity index (χ4v) is 4.01. The monoisotopic (exact) mass is 387 g/mol. The molecule has 0 bridgehead atoms. The average molecular weight is 387 g/mol. The van der Waals surface area contributed by atoms with Crippen molar-refractivity contribution in [2.75, 3.05) is 18.6 Å². The summed E-state index contributed by atoms with van der Waals surface area (Å²) >= 11 is 0. The summed E-state index contributed by atoms with van der Waals surface area (Å²) in [5.74, 6) is -1.04. The lowest BCUT2D eigenvalue weighted by Gasteiger charge is -2.22. The van der Waals surface area contributed by atoms with Crippen LogP contribution in [0.1, 0.15) is 33.0 Å². The van der Waals surface area contributed by atoms with Gasteiger partial charge in [-0.05, 0) is 46.9 Å². The topological polar surface area (TPSA) is 66.8 Å². The number of hydrogen-bond acceptors (Lipinski definition) is 3. The lowest BCUT2D eigenvalue weighted by Crippen LogP contribution is -2.29. The number of carbonyl (C=O) groups is 2. The quantitative estimate of drug-likeness (QED) is 0.678. The first-order valence-electron chi connectivity index (χ1n) is 9.40. The Labute approximate surface area is 169 Å². The van der Waals surface area contributed by atoms with Gasteiger partial charge in [-0.1, -0.05) is 54.6 Å². The van der Waals surface area contributed by atoms with Crippen LogP contribution in [0.3, 0.4) is 0 Å². The van der Waals surface area contributed by atoms with E-state index in [4.69, 9.17) is 4.74 Å². The van der Waals surface area contributed by atoms with Crippen molar-refractivity contribution in [3.63, 3.8) is 0 Å². The molecule has 1 amide bonds. The van der Waals surface area contributed by atoms with E-state index in [1.165, 1.54) is 22.1 Å². The summed E-state index contributed by atoms with van der Waals surface area (Å²) in [5.41, 5.74) is 5.84. The molecular formula is C24H21NO4. The van der Waals surface area contributed by atoms with E-state index >= 15 is 0 Å². The number of carbonyl (C=O) groups excluding carboxylic acids is 1. The molecule has 0 radical (unpaired) electrons. The molecule has 0 fully saturated rings. The fourth-order valence-electron chi connectivity index (χ4n) is 4.01. The predicted molar refractivity (Wildman–Crippen MR) is 112 cm³/mol. The molecule has 0 aromatic heterocycles. The highest BCUT2D eigenvalue weighted by atomic mass is 16.6. The number of anilines is 1. The van der Waals surface area contributed by atoms with Gasteiger partial charge in [0.25, 0.3) is 0 Å². The second-order valence-corrected chi connectivity index (χ2v) is 7.12. The van der Waals surface area contributed by atoms with E-state index in [2.05, 4.69) is 24.3 Å². The molecule has 3 aromatic rings. The van der Waals surface area contributed by atoms with Crippen molar-refractivity contribution in [1.82, 2.24) is 0 Å². The van der Waals surface area contributed by atoms with Gasteiger partial charge in [0.15, 0.2) is 0 Å². The summed E-state index contributed by atoms with van der Waals surface area (Å²) in [4.78, 5) is 25.4. The molecule has 1 aliphatic carbocycles. The average Bonchev–Trinajstić information content (AvgIpc) is 3.05. The van der Waals surface area contributed by atoms with Crippen LogP contribution in [-0.2, 0) is 4.74 Å². The maximum absolute atomic E-state index is 12.7. The van der Waals surface area contributed by atoms with Gasteiger partial charge in [-0.3, -0.25) is 4.90 Å². The van der Waals surface area contributed by atoms with Crippen LogP contribution >= 0.6 is 0 Å². The minimum absolute atomic E-state index is 0.0220. The molecule has 0 saturated heterocycles. The van der Waals surface area contributed by atoms with Crippen LogP contribution < -0.4 is 4.90 Å². The van der Waals surface area contributed by atoms with Gasteiger partial charge in [0.1, 0.15) is 6.61 Å². The van der Waals surface area contributed by atoms with Crippen LogP contribution in [0.25, 0.3) is 11.1 Å². The normalized spacial score (nSPS) is 12.2. The Kier molecular flexibility index (Phi) is 4.80. The zero-order chi connectivity index (χ0) is 20.5. The molecule has 29 heavy (non-hydrogen) atoms. The molecule has 0 saturated carbocycles. The Hall–Kier alpha value is -3.60. The van der Waals surface area contributed by atoms with Crippen molar-refractivity contribution in [3.05, 3.63) is 89.0 Å². The Bertz CT molecular complexity index is 1060. The van der Waals surface area contributed by atoms with E-state index in [0.29, 0.717) is 11.3 Å². The van der Waals surface area contributed by atoms with Gasteiger partial charge >= 0.3 is 12.1 Å². The highest BCUT2D eigenvalue weighted by Crippen LogP contribution is 2.44. The van der Waals surface area contributed by atoms with Crippen LogP contribution in [0, 0.1) is 6.92 Å². The summed E-state index contributed by atoms with van der Waals surface area (Å²) < 4.78 is 5.65. The van der Waals surface area contributed by atoms with Gasteiger partial charge in [-0.25, -0.2) is 9.59 Å². The molecule has 0 aliphatic heterocycles. The molecule has 5 nitrogen and oxygen atoms in total. The van der Waals surface area contributed by atoms with Crippen LogP contribution in [0.2, 0.25) is 0 Å². The Morgan fingerprint density at radius 2 is 1.52 bits per heavy atom. The molecule has 0 spiro atoms. The highest BCUT2D eigenvalue weighted by molar-refractivity contribution is 5.95. The summed E-state index contributed by atoms with van der Waals surface area (Å²) in [6.07, 6.45) is -0.516. The molecular weight excluding hydrogens is 366 g/mol. The number of amides is 1. The first-order valence-corrected chi connectivity index (χ1v) is 9.40. The van der Waals surface area contributed by atoms with E-state index in [1.807, 2.05) is 24.3 Å². The number of benzene rings is 3. The first kappa shape index (κ1) is 18.7. The number of carboxylic acids is 1. The second-order valence-electron chi connectivity index (χ2n) is 7.12. The molecule has 1 aliphatic rings. The molecule has 146 valence electrons.